The molecule has 1 saturated carbocycles. The maximum absolute atomic E-state index is 12.3. The molecule has 0 aromatic carbocycles. The van der Waals surface area contributed by atoms with Crippen LogP contribution in [0.25, 0.3) is 0 Å². The van der Waals surface area contributed by atoms with Crippen molar-refractivity contribution in [1.29, 1.82) is 0 Å². The molecule has 0 saturated heterocycles. The Morgan fingerprint density at radius 3 is 2.68 bits per heavy atom. The zero-order valence-corrected chi connectivity index (χ0v) is 11.5. The fourth-order valence-electron chi connectivity index (χ4n) is 1.74. The fraction of sp³-hybridized carbons (Fsp3) is 0.417. The molecule has 19 heavy (non-hydrogen) atoms. The number of rotatable bonds is 5. The van der Waals surface area contributed by atoms with E-state index in [1.165, 1.54) is 17.2 Å². The molecule has 0 radical (unpaired) electrons. The fourth-order valence-corrected chi connectivity index (χ4v) is 2.08. The molecule has 2 rings (SSSR count). The highest BCUT2D eigenvalue weighted by Gasteiger charge is 2.29. The maximum atomic E-state index is 12.3. The average Bonchev–Trinajstić information content (AvgIpc) is 3.14. The van der Waals surface area contributed by atoms with Gasteiger partial charge in [-0.3, -0.25) is 9.59 Å². The molecule has 0 atom stereocenters. The van der Waals surface area contributed by atoms with Crippen LogP contribution in [0.15, 0.2) is 12.3 Å². The number of hydrogen-bond acceptors (Lipinski definition) is 3. The lowest BCUT2D eigenvalue weighted by molar-refractivity contribution is -0.137. The van der Waals surface area contributed by atoms with Crippen LogP contribution in [0.3, 0.4) is 0 Å². The number of carbonyl (C=O) groups is 2. The molecule has 0 spiro atoms. The van der Waals surface area contributed by atoms with Crippen LogP contribution in [0.2, 0.25) is 10.2 Å². The van der Waals surface area contributed by atoms with E-state index < -0.39 is 11.9 Å². The van der Waals surface area contributed by atoms with Gasteiger partial charge >= 0.3 is 5.97 Å². The van der Waals surface area contributed by atoms with Gasteiger partial charge in [-0.05, 0) is 24.8 Å². The van der Waals surface area contributed by atoms with E-state index in [2.05, 4.69) is 4.98 Å². The van der Waals surface area contributed by atoms with Crippen molar-refractivity contribution in [2.45, 2.75) is 12.8 Å². The molecular formula is C12H12Cl2N2O3. The smallest absolute Gasteiger partial charge is 0.323 e. The third-order valence-electron chi connectivity index (χ3n) is 2.84. The van der Waals surface area contributed by atoms with E-state index >= 15 is 0 Å². The Kier molecular flexibility index (Phi) is 4.27. The summed E-state index contributed by atoms with van der Waals surface area (Å²) in [6.45, 7) is 0.0903. The first kappa shape index (κ1) is 14.1. The van der Waals surface area contributed by atoms with Crippen LogP contribution in [0.4, 0.5) is 0 Å². The molecule has 1 fully saturated rings. The van der Waals surface area contributed by atoms with Gasteiger partial charge in [0.1, 0.15) is 11.7 Å². The highest BCUT2D eigenvalue weighted by molar-refractivity contribution is 6.35. The number of hydrogen-bond donors (Lipinski definition) is 1. The van der Waals surface area contributed by atoms with Crippen LogP contribution in [-0.2, 0) is 4.79 Å². The minimum Gasteiger partial charge on any atom is -0.480 e. The van der Waals surface area contributed by atoms with Crippen LogP contribution in [0, 0.1) is 5.92 Å². The number of nitrogens with zero attached hydrogens (tertiary/aromatic N) is 2. The van der Waals surface area contributed by atoms with E-state index in [1.54, 1.807) is 0 Å². The Labute approximate surface area is 120 Å². The van der Waals surface area contributed by atoms with Crippen LogP contribution >= 0.6 is 23.2 Å². The molecule has 5 nitrogen and oxygen atoms in total. The molecule has 1 aromatic heterocycles. The summed E-state index contributed by atoms with van der Waals surface area (Å²) in [5.74, 6) is -1.09. The summed E-state index contributed by atoms with van der Waals surface area (Å²) < 4.78 is 0. The number of carboxylic acids is 1. The van der Waals surface area contributed by atoms with E-state index in [4.69, 9.17) is 28.3 Å². The van der Waals surface area contributed by atoms with Crippen molar-refractivity contribution < 1.29 is 14.7 Å². The van der Waals surface area contributed by atoms with Gasteiger partial charge in [0.25, 0.3) is 5.91 Å². The zero-order chi connectivity index (χ0) is 14.0. The summed E-state index contributed by atoms with van der Waals surface area (Å²) in [4.78, 5) is 28.2. The van der Waals surface area contributed by atoms with Gasteiger partial charge in [0, 0.05) is 12.7 Å². The molecule has 7 heteroatoms. The summed E-state index contributed by atoms with van der Waals surface area (Å²) in [6.07, 6.45) is 3.33. The molecule has 1 aliphatic carbocycles. The number of carboxylic acid groups (broad SMARTS) is 1. The molecule has 0 bridgehead atoms. The number of pyridine rings is 1. The minimum absolute atomic E-state index is 0.148. The summed E-state index contributed by atoms with van der Waals surface area (Å²) in [5.41, 5.74) is 0.184. The maximum Gasteiger partial charge on any atom is 0.323 e. The molecule has 0 unspecified atom stereocenters. The molecule has 1 amide bonds. The molecule has 102 valence electrons. The van der Waals surface area contributed by atoms with Crippen molar-refractivity contribution in [2.75, 3.05) is 13.1 Å². The first-order valence-corrected chi connectivity index (χ1v) is 6.55. The van der Waals surface area contributed by atoms with E-state index in [1.807, 2.05) is 0 Å². The average molecular weight is 303 g/mol. The molecule has 1 aromatic rings. The van der Waals surface area contributed by atoms with Gasteiger partial charge in [0.05, 0.1) is 10.6 Å². The van der Waals surface area contributed by atoms with Crippen molar-refractivity contribution >= 4 is 35.1 Å². The Balaban J connectivity index is 2.21. The second kappa shape index (κ2) is 5.75. The summed E-state index contributed by atoms with van der Waals surface area (Å²) in [7, 11) is 0. The van der Waals surface area contributed by atoms with E-state index in [0.717, 1.165) is 12.8 Å². The highest BCUT2D eigenvalue weighted by Crippen LogP contribution is 2.30. The molecular weight excluding hydrogens is 291 g/mol. The van der Waals surface area contributed by atoms with Gasteiger partial charge in [-0.25, -0.2) is 4.98 Å². The monoisotopic (exact) mass is 302 g/mol. The Hall–Kier alpha value is -1.33. The van der Waals surface area contributed by atoms with Gasteiger partial charge in [-0.2, -0.15) is 0 Å². The topological polar surface area (TPSA) is 70.5 Å². The Morgan fingerprint density at radius 1 is 1.42 bits per heavy atom. The molecule has 1 aliphatic rings. The van der Waals surface area contributed by atoms with E-state index in [0.29, 0.717) is 12.5 Å². The van der Waals surface area contributed by atoms with Crippen LogP contribution in [0.1, 0.15) is 23.2 Å². The van der Waals surface area contributed by atoms with Crippen molar-refractivity contribution in [3.8, 4) is 0 Å². The first-order chi connectivity index (χ1) is 8.97. The zero-order valence-electron chi connectivity index (χ0n) is 9.97. The van der Waals surface area contributed by atoms with Crippen molar-refractivity contribution in [3.63, 3.8) is 0 Å². The summed E-state index contributed by atoms with van der Waals surface area (Å²) >= 11 is 11.6. The van der Waals surface area contributed by atoms with Crippen molar-refractivity contribution in [2.24, 2.45) is 5.92 Å². The lowest BCUT2D eigenvalue weighted by Crippen LogP contribution is -2.37. The SMILES string of the molecule is O=C(O)CN(CC1CC1)C(=O)c1cc(Cl)ncc1Cl. The summed E-state index contributed by atoms with van der Waals surface area (Å²) in [5, 5.41) is 9.19. The number of halogens is 2. The molecule has 1 N–H and O–H groups in total. The van der Waals surface area contributed by atoms with Gasteiger partial charge in [-0.1, -0.05) is 23.2 Å². The quantitative estimate of drug-likeness (QED) is 0.847. The number of aliphatic carboxylic acids is 1. The second-order valence-electron chi connectivity index (χ2n) is 4.51. The first-order valence-electron chi connectivity index (χ1n) is 5.79. The predicted molar refractivity (Wildman–Crippen MR) is 70.5 cm³/mol. The predicted octanol–water partition coefficient (Wildman–Crippen LogP) is 2.33. The van der Waals surface area contributed by atoms with Gasteiger partial charge in [-0.15, -0.1) is 0 Å². The van der Waals surface area contributed by atoms with Crippen molar-refractivity contribution in [1.82, 2.24) is 9.88 Å². The van der Waals surface area contributed by atoms with Gasteiger partial charge in [0.15, 0.2) is 0 Å². The van der Waals surface area contributed by atoms with Crippen molar-refractivity contribution in [3.05, 3.63) is 28.0 Å². The van der Waals surface area contributed by atoms with E-state index in [9.17, 15) is 9.59 Å². The lowest BCUT2D eigenvalue weighted by atomic mass is 10.2. The van der Waals surface area contributed by atoms with Gasteiger partial charge in [0.2, 0.25) is 0 Å². The second-order valence-corrected chi connectivity index (χ2v) is 5.30. The van der Waals surface area contributed by atoms with Crippen LogP contribution < -0.4 is 0 Å². The molecule has 1 heterocycles. The third-order valence-corrected chi connectivity index (χ3v) is 3.35. The third kappa shape index (κ3) is 3.81. The Morgan fingerprint density at radius 2 is 2.11 bits per heavy atom. The molecule has 0 aliphatic heterocycles. The number of carbonyl (C=O) groups excluding carboxylic acids is 1. The van der Waals surface area contributed by atoms with Gasteiger partial charge < -0.3 is 10.0 Å². The Bertz CT molecular complexity index is 518. The van der Waals surface area contributed by atoms with Crippen LogP contribution in [-0.4, -0.2) is 40.0 Å². The number of amides is 1. The standard InChI is InChI=1S/C12H12Cl2N2O3/c13-9-4-15-10(14)3-8(9)12(19)16(6-11(17)18)5-7-1-2-7/h3-4,7H,1-2,5-6H2,(H,17,18). The number of aromatic nitrogens is 1. The largest absolute Gasteiger partial charge is 0.480 e. The normalized spacial score (nSPS) is 14.2. The summed E-state index contributed by atoms with van der Waals surface area (Å²) in [6, 6.07) is 1.36. The highest BCUT2D eigenvalue weighted by atomic mass is 35.5. The minimum atomic E-state index is -1.05. The lowest BCUT2D eigenvalue weighted by Gasteiger charge is -2.21. The van der Waals surface area contributed by atoms with Crippen LogP contribution in [0.5, 0.6) is 0 Å². The van der Waals surface area contributed by atoms with E-state index in [-0.39, 0.29) is 22.3 Å².